The van der Waals surface area contributed by atoms with E-state index in [0.717, 1.165) is 6.07 Å². The zero-order chi connectivity index (χ0) is 17.9. The van der Waals surface area contributed by atoms with E-state index >= 15 is 0 Å². The number of halogens is 3. The number of benzene rings is 1. The van der Waals surface area contributed by atoms with Crippen molar-refractivity contribution in [2.75, 3.05) is 32.9 Å². The maximum Gasteiger partial charge on any atom is 0.340 e. The maximum atomic E-state index is 12.7. The van der Waals surface area contributed by atoms with Crippen LogP contribution in [0.4, 0.5) is 0 Å². The van der Waals surface area contributed by atoms with Crippen molar-refractivity contribution in [1.82, 2.24) is 4.31 Å². The number of sulfonamides is 1. The fourth-order valence-corrected chi connectivity index (χ4v) is 4.32. The molecule has 1 heterocycles. The van der Waals surface area contributed by atoms with Crippen molar-refractivity contribution in [3.63, 3.8) is 0 Å². The van der Waals surface area contributed by atoms with E-state index in [9.17, 15) is 13.2 Å². The minimum absolute atomic E-state index is 0.0221. The summed E-state index contributed by atoms with van der Waals surface area (Å²) in [5.41, 5.74) is -0.120. The third kappa shape index (κ3) is 4.41. The number of carbonyl (C=O) groups is 1. The van der Waals surface area contributed by atoms with Gasteiger partial charge >= 0.3 is 5.97 Å². The van der Waals surface area contributed by atoms with Crippen molar-refractivity contribution in [3.8, 4) is 0 Å². The molecule has 0 amide bonds. The van der Waals surface area contributed by atoms with E-state index in [0.29, 0.717) is 0 Å². The van der Waals surface area contributed by atoms with Crippen molar-refractivity contribution in [1.29, 1.82) is 0 Å². The van der Waals surface area contributed by atoms with Crippen LogP contribution in [0.25, 0.3) is 0 Å². The molecule has 0 aromatic heterocycles. The van der Waals surface area contributed by atoms with Crippen LogP contribution in [0.3, 0.4) is 0 Å². The van der Waals surface area contributed by atoms with Crippen LogP contribution >= 0.6 is 34.8 Å². The van der Waals surface area contributed by atoms with Crippen molar-refractivity contribution < 1.29 is 22.7 Å². The molecule has 2 rings (SSSR count). The van der Waals surface area contributed by atoms with Crippen molar-refractivity contribution >= 4 is 50.8 Å². The van der Waals surface area contributed by atoms with Gasteiger partial charge in [0, 0.05) is 18.1 Å². The standard InChI is InChI=1S/C14H14Cl3NO5S/c1-9(15)8-23-14(19)10-6-13(12(17)7-11(10)16)24(20,21)18-2-4-22-5-3-18/h6-7H,1-5,8H2. The number of hydrogen-bond donors (Lipinski definition) is 0. The van der Waals surface area contributed by atoms with Crippen LogP contribution < -0.4 is 0 Å². The van der Waals surface area contributed by atoms with Gasteiger partial charge in [0.05, 0.1) is 28.8 Å². The van der Waals surface area contributed by atoms with Gasteiger partial charge in [0.1, 0.15) is 11.5 Å². The lowest BCUT2D eigenvalue weighted by molar-refractivity contribution is 0.0546. The molecule has 132 valence electrons. The van der Waals surface area contributed by atoms with E-state index in [2.05, 4.69) is 6.58 Å². The van der Waals surface area contributed by atoms with Gasteiger partial charge in [0.2, 0.25) is 10.0 Å². The second kappa shape index (κ2) is 8.03. The molecule has 0 unspecified atom stereocenters. The highest BCUT2D eigenvalue weighted by Gasteiger charge is 2.30. The first-order valence-corrected chi connectivity index (χ1v) is 9.38. The number of morpholine rings is 1. The number of ether oxygens (including phenoxy) is 2. The van der Waals surface area contributed by atoms with Crippen molar-refractivity contribution in [2.45, 2.75) is 4.90 Å². The monoisotopic (exact) mass is 413 g/mol. The summed E-state index contributed by atoms with van der Waals surface area (Å²) < 4.78 is 36.7. The normalized spacial score (nSPS) is 16.0. The number of carbonyl (C=O) groups excluding carboxylic acids is 1. The van der Waals surface area contributed by atoms with E-state index in [1.54, 1.807) is 0 Å². The molecule has 1 saturated heterocycles. The molecule has 1 fully saturated rings. The second-order valence-corrected chi connectivity index (χ2v) is 8.13. The van der Waals surface area contributed by atoms with E-state index in [1.165, 1.54) is 10.4 Å². The highest BCUT2D eigenvalue weighted by molar-refractivity contribution is 7.89. The van der Waals surface area contributed by atoms with E-state index in [1.807, 2.05) is 0 Å². The van der Waals surface area contributed by atoms with Gasteiger partial charge in [-0.3, -0.25) is 0 Å². The molecule has 0 atom stereocenters. The van der Waals surface area contributed by atoms with Crippen LogP contribution in [-0.4, -0.2) is 51.6 Å². The Kier molecular flexibility index (Phi) is 6.52. The molecule has 0 bridgehead atoms. The molecule has 6 nitrogen and oxygen atoms in total. The van der Waals surface area contributed by atoms with Gasteiger partial charge in [-0.05, 0) is 12.1 Å². The molecular weight excluding hydrogens is 401 g/mol. The quantitative estimate of drug-likeness (QED) is 0.693. The third-order valence-electron chi connectivity index (χ3n) is 3.19. The summed E-state index contributed by atoms with van der Waals surface area (Å²) in [6.07, 6.45) is 0. The number of nitrogens with zero attached hydrogens (tertiary/aromatic N) is 1. The van der Waals surface area contributed by atoms with Gasteiger partial charge in [-0.2, -0.15) is 4.31 Å². The average Bonchev–Trinajstić information content (AvgIpc) is 2.53. The number of esters is 1. The Labute approximate surface area is 154 Å². The molecule has 1 aliphatic rings. The van der Waals surface area contributed by atoms with Crippen molar-refractivity contribution in [3.05, 3.63) is 39.4 Å². The maximum absolute atomic E-state index is 12.7. The van der Waals surface area contributed by atoms with Crippen LogP contribution in [0, 0.1) is 0 Å². The Morgan fingerprint density at radius 3 is 2.46 bits per heavy atom. The van der Waals surface area contributed by atoms with E-state index in [4.69, 9.17) is 44.3 Å². The summed E-state index contributed by atoms with van der Waals surface area (Å²) >= 11 is 17.5. The predicted octanol–water partition coefficient (Wildman–Crippen LogP) is 2.92. The Morgan fingerprint density at radius 2 is 1.88 bits per heavy atom. The first-order valence-electron chi connectivity index (χ1n) is 6.81. The minimum Gasteiger partial charge on any atom is -0.456 e. The topological polar surface area (TPSA) is 72.9 Å². The Balaban J connectivity index is 2.38. The van der Waals surface area contributed by atoms with E-state index in [-0.39, 0.29) is 58.4 Å². The predicted molar refractivity (Wildman–Crippen MR) is 91.3 cm³/mol. The summed E-state index contributed by atoms with van der Waals surface area (Å²) in [6.45, 7) is 4.16. The molecular formula is C14H14Cl3NO5S. The fraction of sp³-hybridized carbons (Fsp3) is 0.357. The van der Waals surface area contributed by atoms with Crippen LogP contribution in [0.15, 0.2) is 28.6 Å². The van der Waals surface area contributed by atoms with Gasteiger partial charge in [-0.25, -0.2) is 13.2 Å². The molecule has 0 aliphatic carbocycles. The Bertz CT molecular complexity index is 760. The van der Waals surface area contributed by atoms with Gasteiger partial charge in [0.15, 0.2) is 0 Å². The van der Waals surface area contributed by atoms with Gasteiger partial charge in [-0.1, -0.05) is 41.4 Å². The molecule has 1 aromatic carbocycles. The number of hydrogen-bond acceptors (Lipinski definition) is 5. The summed E-state index contributed by atoms with van der Waals surface area (Å²) in [5, 5.41) is 0.0190. The highest BCUT2D eigenvalue weighted by Crippen LogP contribution is 2.31. The smallest absolute Gasteiger partial charge is 0.340 e. The van der Waals surface area contributed by atoms with Crippen molar-refractivity contribution in [2.24, 2.45) is 0 Å². The molecule has 0 N–H and O–H groups in total. The minimum atomic E-state index is -3.89. The Hall–Kier alpha value is -0.830. The first kappa shape index (κ1) is 19.5. The van der Waals surface area contributed by atoms with Crippen LogP contribution in [0.5, 0.6) is 0 Å². The molecule has 10 heteroatoms. The highest BCUT2D eigenvalue weighted by atomic mass is 35.5. The molecule has 0 radical (unpaired) electrons. The summed E-state index contributed by atoms with van der Waals surface area (Å²) in [6, 6.07) is 2.30. The molecule has 0 spiro atoms. The summed E-state index contributed by atoms with van der Waals surface area (Å²) in [5.74, 6) is -0.822. The fourth-order valence-electron chi connectivity index (χ4n) is 2.03. The zero-order valence-electron chi connectivity index (χ0n) is 12.4. The van der Waals surface area contributed by atoms with Crippen LogP contribution in [0.1, 0.15) is 10.4 Å². The van der Waals surface area contributed by atoms with Gasteiger partial charge in [-0.15, -0.1) is 0 Å². The first-order chi connectivity index (χ1) is 11.2. The molecule has 1 aliphatic heterocycles. The molecule has 1 aromatic rings. The SMILES string of the molecule is C=C(Cl)COC(=O)c1cc(S(=O)(=O)N2CCOCC2)c(Cl)cc1Cl. The lowest BCUT2D eigenvalue weighted by atomic mass is 10.2. The lowest BCUT2D eigenvalue weighted by Gasteiger charge is -2.26. The van der Waals surface area contributed by atoms with Gasteiger partial charge in [0.25, 0.3) is 0 Å². The number of rotatable bonds is 5. The second-order valence-electron chi connectivity index (χ2n) is 4.87. The average molecular weight is 415 g/mol. The molecule has 24 heavy (non-hydrogen) atoms. The summed E-state index contributed by atoms with van der Waals surface area (Å²) in [4.78, 5) is 11.8. The largest absolute Gasteiger partial charge is 0.456 e. The third-order valence-corrected chi connectivity index (χ3v) is 5.97. The van der Waals surface area contributed by atoms with Gasteiger partial charge < -0.3 is 9.47 Å². The lowest BCUT2D eigenvalue weighted by Crippen LogP contribution is -2.40. The zero-order valence-corrected chi connectivity index (χ0v) is 15.5. The van der Waals surface area contributed by atoms with E-state index < -0.39 is 16.0 Å². The Morgan fingerprint density at radius 1 is 1.25 bits per heavy atom. The van der Waals surface area contributed by atoms with Crippen LogP contribution in [0.2, 0.25) is 10.0 Å². The molecule has 0 saturated carbocycles. The van der Waals surface area contributed by atoms with Crippen LogP contribution in [-0.2, 0) is 19.5 Å². The summed E-state index contributed by atoms with van der Waals surface area (Å²) in [7, 11) is -3.89.